The zero-order chi connectivity index (χ0) is 31.6. The number of carbonyl (C=O) groups excluding carboxylic acids is 2. The molecule has 0 aliphatic heterocycles. The highest BCUT2D eigenvalue weighted by Crippen LogP contribution is 2.30. The second-order valence-corrected chi connectivity index (χ2v) is 14.6. The summed E-state index contributed by atoms with van der Waals surface area (Å²) >= 11 is 0. The van der Waals surface area contributed by atoms with Gasteiger partial charge in [-0.15, -0.1) is 5.10 Å². The number of ether oxygens (including phenoxy) is 2. The maximum absolute atomic E-state index is 13.7. The van der Waals surface area contributed by atoms with Crippen LogP contribution in [0.4, 0.5) is 9.59 Å². The first-order chi connectivity index (χ1) is 20.8. The number of pyridine rings is 1. The number of benzene rings is 1. The van der Waals surface area contributed by atoms with Crippen molar-refractivity contribution in [2.45, 2.75) is 91.6 Å². The number of hydrogen-bond donors (Lipinski definition) is 0. The molecule has 1 saturated carbocycles. The van der Waals surface area contributed by atoms with Crippen LogP contribution in [0.5, 0.6) is 0 Å². The lowest BCUT2D eigenvalue weighted by Crippen LogP contribution is -2.41. The minimum atomic E-state index is -0.694. The lowest BCUT2D eigenvalue weighted by atomic mass is 9.85. The van der Waals surface area contributed by atoms with Gasteiger partial charge in [-0.3, -0.25) is 4.98 Å². The van der Waals surface area contributed by atoms with E-state index in [0.717, 1.165) is 35.0 Å². The van der Waals surface area contributed by atoms with Gasteiger partial charge in [0, 0.05) is 35.6 Å². The van der Waals surface area contributed by atoms with Crippen molar-refractivity contribution in [3.8, 4) is 11.3 Å². The van der Waals surface area contributed by atoms with Crippen LogP contribution in [0.1, 0.15) is 72.1 Å². The van der Waals surface area contributed by atoms with E-state index in [2.05, 4.69) is 27.9 Å². The van der Waals surface area contributed by atoms with Crippen LogP contribution in [0.15, 0.2) is 48.9 Å². The Morgan fingerprint density at radius 1 is 1.02 bits per heavy atom. The fourth-order valence-electron chi connectivity index (χ4n) is 5.17. The molecule has 5 rings (SSSR count). The van der Waals surface area contributed by atoms with E-state index in [0.29, 0.717) is 39.7 Å². The third kappa shape index (κ3) is 7.74. The van der Waals surface area contributed by atoms with Crippen molar-refractivity contribution in [1.29, 1.82) is 0 Å². The molecule has 11 heteroatoms. The second kappa shape index (κ2) is 12.5. The molecule has 0 unspecified atom stereocenters. The number of aromatic nitrogens is 5. The Morgan fingerprint density at radius 2 is 1.77 bits per heavy atom. The predicted octanol–water partition coefficient (Wildman–Crippen LogP) is 6.04. The van der Waals surface area contributed by atoms with Crippen molar-refractivity contribution in [3.63, 3.8) is 0 Å². The molecule has 1 amide bonds. The summed E-state index contributed by atoms with van der Waals surface area (Å²) in [4.78, 5) is 33.1. The van der Waals surface area contributed by atoms with Crippen LogP contribution in [-0.2, 0) is 22.6 Å². The number of hydrogen-bond acceptors (Lipinski definition) is 7. The highest BCUT2D eigenvalue weighted by atomic mass is 28.2. The molecule has 0 saturated heterocycles. The van der Waals surface area contributed by atoms with E-state index in [1.54, 1.807) is 20.3 Å². The Balaban J connectivity index is 1.47. The molecular formula is C33H42N6O4Si. The van der Waals surface area contributed by atoms with Crippen LogP contribution < -0.4 is 5.19 Å². The largest absolute Gasteiger partial charge is 0.444 e. The normalized spacial score (nSPS) is 14.0. The van der Waals surface area contributed by atoms with Crippen molar-refractivity contribution < 1.29 is 19.1 Å². The summed E-state index contributed by atoms with van der Waals surface area (Å²) in [6.07, 6.45) is 8.05. The van der Waals surface area contributed by atoms with Gasteiger partial charge in [0.1, 0.15) is 16.9 Å². The van der Waals surface area contributed by atoms with Crippen molar-refractivity contribution in [1.82, 2.24) is 29.4 Å². The second-order valence-electron chi connectivity index (χ2n) is 13.5. The molecule has 3 heterocycles. The molecule has 1 aliphatic rings. The molecule has 44 heavy (non-hydrogen) atoms. The fraction of sp³-hybridized carbons (Fsp3) is 0.485. The average molecular weight is 615 g/mol. The van der Waals surface area contributed by atoms with E-state index in [1.165, 1.54) is 11.6 Å². The van der Waals surface area contributed by atoms with Crippen LogP contribution >= 0.6 is 0 Å². The van der Waals surface area contributed by atoms with Gasteiger partial charge in [-0.05, 0) is 83.2 Å². The van der Waals surface area contributed by atoms with Gasteiger partial charge >= 0.3 is 12.2 Å². The molecule has 1 aromatic carbocycles. The Kier molecular flexibility index (Phi) is 8.96. The number of rotatable bonds is 8. The Hall–Kier alpha value is -3.99. The van der Waals surface area contributed by atoms with Crippen LogP contribution in [-0.4, -0.2) is 68.9 Å². The summed E-state index contributed by atoms with van der Waals surface area (Å²) in [5, 5.41) is 10.8. The fourth-order valence-corrected chi connectivity index (χ4v) is 5.67. The predicted molar refractivity (Wildman–Crippen MR) is 171 cm³/mol. The number of carbonyl (C=O) groups is 2. The van der Waals surface area contributed by atoms with E-state index in [4.69, 9.17) is 9.47 Å². The number of amides is 1. The van der Waals surface area contributed by atoms with Crippen molar-refractivity contribution in [2.24, 2.45) is 5.92 Å². The van der Waals surface area contributed by atoms with E-state index in [1.807, 2.05) is 78.2 Å². The van der Waals surface area contributed by atoms with Crippen LogP contribution in [0.2, 0.25) is 6.55 Å². The zero-order valence-corrected chi connectivity index (χ0v) is 27.8. The van der Waals surface area contributed by atoms with E-state index in [9.17, 15) is 9.59 Å². The van der Waals surface area contributed by atoms with Crippen molar-refractivity contribution >= 4 is 37.8 Å². The molecule has 232 valence electrons. The van der Waals surface area contributed by atoms with Gasteiger partial charge in [-0.2, -0.15) is 0 Å². The standard InChI is InChI=1S/C33H42N6O4Si/c1-32(2,3)42-30(40)37(18-22-9-8-10-22)20-26-14-24-12-11-23(13-29(24)39(26)31(41)43-33(4,5)6)19-38-21-28(35-36-38)25-15-27(44-7)17-34-16-25/h11-17,21-22H,8-10,18-20H2,1-7H3. The summed E-state index contributed by atoms with van der Waals surface area (Å²) in [5.74, 6) is 0.432. The molecular weight excluding hydrogens is 572 g/mol. The van der Waals surface area contributed by atoms with Gasteiger partial charge in [-0.25, -0.2) is 18.8 Å². The topological polar surface area (TPSA) is 104 Å². The first-order valence-electron chi connectivity index (χ1n) is 15.2. The summed E-state index contributed by atoms with van der Waals surface area (Å²) < 4.78 is 15.0. The molecule has 1 aliphatic carbocycles. The molecule has 0 spiro atoms. The molecule has 0 N–H and O–H groups in total. The summed E-state index contributed by atoms with van der Waals surface area (Å²) in [6, 6.07) is 10.0. The van der Waals surface area contributed by atoms with Crippen LogP contribution in [0.3, 0.4) is 0 Å². The Bertz CT molecular complexity index is 1640. The van der Waals surface area contributed by atoms with Crippen molar-refractivity contribution in [2.75, 3.05) is 6.54 Å². The highest BCUT2D eigenvalue weighted by molar-refractivity contribution is 6.51. The first kappa shape index (κ1) is 31.4. The number of fused-ring (bicyclic) bond motifs is 1. The zero-order valence-electron chi connectivity index (χ0n) is 26.8. The van der Waals surface area contributed by atoms with Gasteiger partial charge in [-0.1, -0.05) is 36.4 Å². The third-order valence-corrected chi connectivity index (χ3v) is 8.29. The van der Waals surface area contributed by atoms with Gasteiger partial charge in [0.25, 0.3) is 0 Å². The van der Waals surface area contributed by atoms with E-state index >= 15 is 0 Å². The Morgan fingerprint density at radius 3 is 2.43 bits per heavy atom. The number of nitrogens with zero attached hydrogens (tertiary/aromatic N) is 6. The highest BCUT2D eigenvalue weighted by Gasteiger charge is 2.30. The van der Waals surface area contributed by atoms with E-state index in [-0.39, 0.29) is 12.6 Å². The minimum Gasteiger partial charge on any atom is -0.444 e. The van der Waals surface area contributed by atoms with Gasteiger partial charge in [0.2, 0.25) is 0 Å². The summed E-state index contributed by atoms with van der Waals surface area (Å²) in [6.45, 7) is 14.5. The average Bonchev–Trinajstić information content (AvgIpc) is 3.52. The summed E-state index contributed by atoms with van der Waals surface area (Å²) in [7, 11) is 0.649. The molecule has 2 radical (unpaired) electrons. The smallest absolute Gasteiger partial charge is 0.419 e. The quantitative estimate of drug-likeness (QED) is 0.223. The molecule has 1 fully saturated rings. The molecule has 0 atom stereocenters. The lowest BCUT2D eigenvalue weighted by molar-refractivity contribution is 0.0163. The first-order valence-corrected chi connectivity index (χ1v) is 16.7. The van der Waals surface area contributed by atoms with Crippen LogP contribution in [0.25, 0.3) is 22.2 Å². The SMILES string of the molecule is C[Si]c1cncc(-c2cn(Cc3ccc4cc(CN(CC5CCC5)C(=O)OC(C)(C)C)n(C(=O)OC(C)(C)C)c4c3)nn2)c1. The van der Waals surface area contributed by atoms with Crippen molar-refractivity contribution in [3.05, 3.63) is 60.2 Å². The maximum Gasteiger partial charge on any atom is 0.419 e. The van der Waals surface area contributed by atoms with Crippen LogP contribution in [0, 0.1) is 5.92 Å². The molecule has 0 bridgehead atoms. The molecule has 4 aromatic rings. The van der Waals surface area contributed by atoms with Gasteiger partial charge in [0.15, 0.2) is 0 Å². The van der Waals surface area contributed by atoms with E-state index < -0.39 is 17.3 Å². The minimum absolute atomic E-state index is 0.229. The molecule has 3 aromatic heterocycles. The summed E-state index contributed by atoms with van der Waals surface area (Å²) in [5.41, 5.74) is 2.69. The maximum atomic E-state index is 13.7. The lowest BCUT2D eigenvalue weighted by Gasteiger charge is -2.33. The third-order valence-electron chi connectivity index (χ3n) is 7.43. The Labute approximate surface area is 261 Å². The van der Waals surface area contributed by atoms with Gasteiger partial charge < -0.3 is 14.4 Å². The molecule has 10 nitrogen and oxygen atoms in total. The van der Waals surface area contributed by atoms with Gasteiger partial charge in [0.05, 0.1) is 34.3 Å². The monoisotopic (exact) mass is 614 g/mol.